The minimum absolute atomic E-state index is 0.817. The van der Waals surface area contributed by atoms with Crippen LogP contribution in [0.2, 0.25) is 25.7 Å². The quantitative estimate of drug-likeness (QED) is 0.192. The van der Waals surface area contributed by atoms with Crippen molar-refractivity contribution in [1.82, 2.24) is 4.98 Å². The average Bonchev–Trinajstić information content (AvgIpc) is 2.76. The fourth-order valence-corrected chi connectivity index (χ4v) is 5.19. The van der Waals surface area contributed by atoms with Crippen molar-refractivity contribution < 1.29 is 4.74 Å². The lowest BCUT2D eigenvalue weighted by atomic mass is 10.1. The number of benzene rings is 1. The van der Waals surface area contributed by atoms with E-state index in [4.69, 9.17) is 9.72 Å². The van der Waals surface area contributed by atoms with Crippen LogP contribution in [0.4, 0.5) is 0 Å². The highest BCUT2D eigenvalue weighted by atomic mass is 28.3. The number of nitrogens with zero attached hydrogens (tertiary/aromatic N) is 1. The lowest BCUT2D eigenvalue weighted by Crippen LogP contribution is -2.18. The lowest BCUT2D eigenvalue weighted by Gasteiger charge is -2.14. The van der Waals surface area contributed by atoms with E-state index in [0.717, 1.165) is 36.5 Å². The van der Waals surface area contributed by atoms with Gasteiger partial charge in [-0.05, 0) is 55.2 Å². The molecule has 0 aliphatic rings. The van der Waals surface area contributed by atoms with E-state index < -0.39 is 8.07 Å². The van der Waals surface area contributed by atoms with Crippen LogP contribution in [0.1, 0.15) is 76.7 Å². The molecule has 0 N–H and O–H groups in total. The van der Waals surface area contributed by atoms with Crippen molar-refractivity contribution in [1.29, 1.82) is 0 Å². The maximum atomic E-state index is 5.93. The van der Waals surface area contributed by atoms with Gasteiger partial charge in [0, 0.05) is 19.8 Å². The first-order valence-electron chi connectivity index (χ1n) is 12.7. The lowest BCUT2D eigenvalue weighted by molar-refractivity contribution is 0.305. The second-order valence-corrected chi connectivity index (χ2v) is 15.8. The van der Waals surface area contributed by atoms with Crippen molar-refractivity contribution in [3.63, 3.8) is 0 Å². The predicted octanol–water partition coefficient (Wildman–Crippen LogP) is 8.93. The van der Waals surface area contributed by atoms with Crippen molar-refractivity contribution in [2.75, 3.05) is 6.61 Å². The zero-order valence-corrected chi connectivity index (χ0v) is 21.6. The summed E-state index contributed by atoms with van der Waals surface area (Å²) in [6, 6.07) is 14.2. The Labute approximate surface area is 192 Å². The van der Waals surface area contributed by atoms with Crippen LogP contribution in [-0.2, 0) is 6.42 Å². The number of hydrogen-bond acceptors (Lipinski definition) is 2. The molecular weight excluding hydrogens is 394 g/mol. The minimum Gasteiger partial charge on any atom is -0.494 e. The summed E-state index contributed by atoms with van der Waals surface area (Å²) in [5.41, 5.74) is 3.55. The highest BCUT2D eigenvalue weighted by Crippen LogP contribution is 2.22. The average molecular weight is 440 g/mol. The molecule has 0 aliphatic heterocycles. The van der Waals surface area contributed by atoms with Gasteiger partial charge in [-0.15, -0.1) is 0 Å². The topological polar surface area (TPSA) is 22.1 Å². The Morgan fingerprint density at radius 1 is 0.742 bits per heavy atom. The number of rotatable bonds is 16. The van der Waals surface area contributed by atoms with E-state index in [1.165, 1.54) is 69.4 Å². The van der Waals surface area contributed by atoms with E-state index in [1.807, 2.05) is 6.20 Å². The monoisotopic (exact) mass is 439 g/mol. The second-order valence-electron chi connectivity index (χ2n) is 10.2. The van der Waals surface area contributed by atoms with Gasteiger partial charge in [-0.1, -0.05) is 90.0 Å². The molecule has 0 aliphatic carbocycles. The van der Waals surface area contributed by atoms with Crippen molar-refractivity contribution in [2.45, 2.75) is 103 Å². The number of aromatic nitrogens is 1. The summed E-state index contributed by atoms with van der Waals surface area (Å²) in [7, 11) is -0.864. The number of ether oxygens (including phenoxy) is 1. The van der Waals surface area contributed by atoms with Gasteiger partial charge in [0.05, 0.1) is 12.3 Å². The molecule has 2 aromatic rings. The molecule has 0 unspecified atom stereocenters. The van der Waals surface area contributed by atoms with E-state index in [-0.39, 0.29) is 0 Å². The molecule has 3 heteroatoms. The molecule has 1 aromatic heterocycles. The summed E-state index contributed by atoms with van der Waals surface area (Å²) in [5.74, 6) is 0.963. The zero-order chi connectivity index (χ0) is 22.4. The van der Waals surface area contributed by atoms with E-state index in [0.29, 0.717) is 0 Å². The first kappa shape index (κ1) is 25.6. The van der Waals surface area contributed by atoms with Gasteiger partial charge in [-0.2, -0.15) is 0 Å². The Morgan fingerprint density at radius 3 is 2.10 bits per heavy atom. The van der Waals surface area contributed by atoms with Gasteiger partial charge in [0.2, 0.25) is 0 Å². The molecule has 0 saturated heterocycles. The predicted molar refractivity (Wildman–Crippen MR) is 139 cm³/mol. The fraction of sp³-hybridized carbons (Fsp3) is 0.607. The molecule has 2 nitrogen and oxygen atoms in total. The van der Waals surface area contributed by atoms with Crippen molar-refractivity contribution in [3.8, 4) is 17.0 Å². The van der Waals surface area contributed by atoms with Crippen LogP contribution in [0.15, 0.2) is 42.6 Å². The van der Waals surface area contributed by atoms with Crippen LogP contribution in [0.25, 0.3) is 11.3 Å². The Morgan fingerprint density at radius 2 is 1.42 bits per heavy atom. The highest BCUT2D eigenvalue weighted by Gasteiger charge is 2.11. The summed E-state index contributed by atoms with van der Waals surface area (Å²) in [4.78, 5) is 4.69. The Bertz CT molecular complexity index is 703. The van der Waals surface area contributed by atoms with Gasteiger partial charge in [0.25, 0.3) is 0 Å². The van der Waals surface area contributed by atoms with E-state index in [2.05, 4.69) is 63.0 Å². The molecule has 172 valence electrons. The molecule has 0 fully saturated rings. The molecule has 0 bridgehead atoms. The van der Waals surface area contributed by atoms with Crippen molar-refractivity contribution in [3.05, 3.63) is 48.2 Å². The van der Waals surface area contributed by atoms with Crippen LogP contribution in [0.3, 0.4) is 0 Å². The van der Waals surface area contributed by atoms with Crippen LogP contribution < -0.4 is 4.74 Å². The number of pyridine rings is 1. The molecule has 0 amide bonds. The standard InChI is InChI=1S/C28H45NOSi/c1-5-6-7-8-9-12-15-25-16-21-28(29-24-25)26-17-19-27(20-18-26)30-22-13-10-11-14-23-31(2,3)4/h16-21,24H,5-15,22-23H2,1-4H3. The molecular formula is C28H45NOSi. The Balaban J connectivity index is 1.65. The number of hydrogen-bond donors (Lipinski definition) is 0. The third-order valence-electron chi connectivity index (χ3n) is 5.88. The largest absolute Gasteiger partial charge is 0.494 e. The van der Waals surface area contributed by atoms with Crippen LogP contribution in [0, 0.1) is 0 Å². The molecule has 0 spiro atoms. The van der Waals surface area contributed by atoms with Crippen molar-refractivity contribution in [2.24, 2.45) is 0 Å². The maximum Gasteiger partial charge on any atom is 0.119 e. The number of aryl methyl sites for hydroxylation is 1. The number of unbranched alkanes of at least 4 members (excludes halogenated alkanes) is 8. The summed E-state index contributed by atoms with van der Waals surface area (Å²) >= 11 is 0. The summed E-state index contributed by atoms with van der Waals surface area (Å²) in [5, 5.41) is 0. The smallest absolute Gasteiger partial charge is 0.119 e. The first-order valence-corrected chi connectivity index (χ1v) is 16.4. The van der Waals surface area contributed by atoms with E-state index >= 15 is 0 Å². The molecule has 0 saturated carbocycles. The molecule has 0 atom stereocenters. The molecule has 2 rings (SSSR count). The van der Waals surface area contributed by atoms with E-state index in [9.17, 15) is 0 Å². The third kappa shape index (κ3) is 11.5. The van der Waals surface area contributed by atoms with Crippen LogP contribution in [-0.4, -0.2) is 19.7 Å². The Kier molecular flexibility index (Phi) is 12.0. The van der Waals surface area contributed by atoms with E-state index in [1.54, 1.807) is 0 Å². The normalized spacial score (nSPS) is 11.6. The van der Waals surface area contributed by atoms with Gasteiger partial charge in [0.1, 0.15) is 5.75 Å². The zero-order valence-electron chi connectivity index (χ0n) is 20.6. The molecule has 1 aromatic carbocycles. The first-order chi connectivity index (χ1) is 15.0. The minimum atomic E-state index is -0.864. The fourth-order valence-electron chi connectivity index (χ4n) is 3.88. The Hall–Kier alpha value is -1.61. The van der Waals surface area contributed by atoms with Crippen molar-refractivity contribution >= 4 is 8.07 Å². The SMILES string of the molecule is CCCCCCCCc1ccc(-c2ccc(OCCCCCC[Si](C)(C)C)cc2)nc1. The van der Waals surface area contributed by atoms with Gasteiger partial charge >= 0.3 is 0 Å². The van der Waals surface area contributed by atoms with Gasteiger partial charge in [-0.25, -0.2) is 0 Å². The maximum absolute atomic E-state index is 5.93. The van der Waals surface area contributed by atoms with Gasteiger partial charge in [-0.3, -0.25) is 4.98 Å². The van der Waals surface area contributed by atoms with Gasteiger partial charge in [0.15, 0.2) is 0 Å². The summed E-state index contributed by atoms with van der Waals surface area (Å²) in [6.07, 6.45) is 16.4. The molecule has 31 heavy (non-hydrogen) atoms. The second kappa shape index (κ2) is 14.4. The highest BCUT2D eigenvalue weighted by molar-refractivity contribution is 6.76. The summed E-state index contributed by atoms with van der Waals surface area (Å²) in [6.45, 7) is 10.5. The van der Waals surface area contributed by atoms with Gasteiger partial charge < -0.3 is 4.74 Å². The molecule has 1 heterocycles. The third-order valence-corrected chi connectivity index (χ3v) is 7.74. The van der Waals surface area contributed by atoms with Crippen LogP contribution >= 0.6 is 0 Å². The molecule has 0 radical (unpaired) electrons. The summed E-state index contributed by atoms with van der Waals surface area (Å²) < 4.78 is 5.93. The van der Waals surface area contributed by atoms with Crippen LogP contribution in [0.5, 0.6) is 5.75 Å².